The van der Waals surface area contributed by atoms with Crippen LogP contribution in [0.1, 0.15) is 24.8 Å². The van der Waals surface area contributed by atoms with Crippen LogP contribution in [-0.2, 0) is 16.0 Å². The Labute approximate surface area is 143 Å². The summed E-state index contributed by atoms with van der Waals surface area (Å²) in [6.45, 7) is 3.29. The molecule has 2 heterocycles. The molecule has 1 aromatic rings. The third-order valence-electron chi connectivity index (χ3n) is 5.39. The number of ether oxygens (including phenoxy) is 1. The van der Waals surface area contributed by atoms with Crippen LogP contribution in [0.2, 0.25) is 0 Å². The highest BCUT2D eigenvalue weighted by atomic mass is 19.1. The van der Waals surface area contributed by atoms with E-state index >= 15 is 0 Å². The van der Waals surface area contributed by atoms with Crippen molar-refractivity contribution >= 4 is 5.91 Å². The van der Waals surface area contributed by atoms with Crippen LogP contribution in [0, 0.1) is 17.7 Å². The van der Waals surface area contributed by atoms with Gasteiger partial charge >= 0.3 is 0 Å². The van der Waals surface area contributed by atoms with Gasteiger partial charge in [-0.3, -0.25) is 4.79 Å². The first-order valence-electron chi connectivity index (χ1n) is 8.94. The Kier molecular flexibility index (Phi) is 5.85. The zero-order chi connectivity index (χ0) is 16.9. The molecule has 0 saturated carbocycles. The van der Waals surface area contributed by atoms with Gasteiger partial charge in [-0.1, -0.05) is 12.1 Å². The maximum Gasteiger partial charge on any atom is 0.225 e. The standard InChI is InChI=1S/C19H27FN2O2/c1-24-18-13-22(19(23)15-5-8-21-9-6-15)10-7-16(18)11-14-3-2-4-17(20)12-14/h2-4,12,15-16,18,21H,5-11,13H2,1H3/t16-,18+/m1/s1. The molecule has 2 aliphatic heterocycles. The minimum absolute atomic E-state index is 0.0210. The predicted octanol–water partition coefficient (Wildman–Crippen LogP) is 2.23. The molecule has 1 aromatic carbocycles. The molecule has 0 spiro atoms. The van der Waals surface area contributed by atoms with E-state index in [0.29, 0.717) is 12.5 Å². The molecule has 2 atom stereocenters. The summed E-state index contributed by atoms with van der Waals surface area (Å²) in [5.74, 6) is 0.570. The molecule has 0 bridgehead atoms. The van der Waals surface area contributed by atoms with E-state index in [9.17, 15) is 9.18 Å². The first-order valence-corrected chi connectivity index (χ1v) is 8.94. The van der Waals surface area contributed by atoms with Crippen LogP contribution in [0.3, 0.4) is 0 Å². The van der Waals surface area contributed by atoms with E-state index in [0.717, 1.165) is 50.9 Å². The number of rotatable bonds is 4. The van der Waals surface area contributed by atoms with Gasteiger partial charge in [-0.2, -0.15) is 0 Å². The highest BCUT2D eigenvalue weighted by Gasteiger charge is 2.34. The van der Waals surface area contributed by atoms with Gasteiger partial charge in [0.05, 0.1) is 6.10 Å². The van der Waals surface area contributed by atoms with Gasteiger partial charge in [-0.15, -0.1) is 0 Å². The number of likely N-dealkylation sites (tertiary alicyclic amines) is 1. The van der Waals surface area contributed by atoms with Gasteiger partial charge in [-0.05, 0) is 62.4 Å². The van der Waals surface area contributed by atoms with Crippen LogP contribution in [0.25, 0.3) is 0 Å². The zero-order valence-corrected chi connectivity index (χ0v) is 14.3. The average molecular weight is 334 g/mol. The van der Waals surface area contributed by atoms with Gasteiger partial charge in [-0.25, -0.2) is 4.39 Å². The van der Waals surface area contributed by atoms with E-state index in [1.54, 1.807) is 19.2 Å². The van der Waals surface area contributed by atoms with Gasteiger partial charge in [0.15, 0.2) is 0 Å². The molecule has 4 nitrogen and oxygen atoms in total. The normalized spacial score (nSPS) is 25.7. The number of nitrogens with one attached hydrogen (secondary N) is 1. The molecule has 5 heteroatoms. The van der Waals surface area contributed by atoms with Crippen LogP contribution in [0.15, 0.2) is 24.3 Å². The SMILES string of the molecule is CO[C@H]1CN(C(=O)C2CCNCC2)CC[C@@H]1Cc1cccc(F)c1. The highest BCUT2D eigenvalue weighted by Crippen LogP contribution is 2.26. The zero-order valence-electron chi connectivity index (χ0n) is 14.3. The lowest BCUT2D eigenvalue weighted by atomic mass is 9.86. The monoisotopic (exact) mass is 334 g/mol. The molecule has 3 rings (SSSR count). The smallest absolute Gasteiger partial charge is 0.225 e. The lowest BCUT2D eigenvalue weighted by Crippen LogP contribution is -2.50. The number of carbonyl (C=O) groups is 1. The number of amides is 1. The molecule has 1 amide bonds. The first-order chi connectivity index (χ1) is 11.7. The Hall–Kier alpha value is -1.46. The topological polar surface area (TPSA) is 41.6 Å². The molecule has 0 aliphatic carbocycles. The number of hydrogen-bond donors (Lipinski definition) is 1. The second-order valence-corrected chi connectivity index (χ2v) is 6.97. The second-order valence-electron chi connectivity index (χ2n) is 6.97. The third-order valence-corrected chi connectivity index (χ3v) is 5.39. The lowest BCUT2D eigenvalue weighted by Gasteiger charge is -2.40. The van der Waals surface area contributed by atoms with E-state index in [1.807, 2.05) is 11.0 Å². The van der Waals surface area contributed by atoms with Crippen LogP contribution in [0.5, 0.6) is 0 Å². The fourth-order valence-corrected chi connectivity index (χ4v) is 3.96. The number of halogens is 1. The van der Waals surface area contributed by atoms with Crippen molar-refractivity contribution in [3.63, 3.8) is 0 Å². The predicted molar refractivity (Wildman–Crippen MR) is 91.2 cm³/mol. The van der Waals surface area contributed by atoms with Crippen LogP contribution >= 0.6 is 0 Å². The molecule has 2 saturated heterocycles. The number of piperidine rings is 2. The maximum absolute atomic E-state index is 13.4. The first kappa shape index (κ1) is 17.4. The van der Waals surface area contributed by atoms with E-state index in [2.05, 4.69) is 5.32 Å². The third kappa shape index (κ3) is 4.14. The van der Waals surface area contributed by atoms with Crippen molar-refractivity contribution in [2.45, 2.75) is 31.8 Å². The van der Waals surface area contributed by atoms with Gasteiger partial charge in [0.25, 0.3) is 0 Å². The molecule has 1 N–H and O–H groups in total. The van der Waals surface area contributed by atoms with Gasteiger partial charge in [0.1, 0.15) is 5.82 Å². The number of hydrogen-bond acceptors (Lipinski definition) is 3. The van der Waals surface area contributed by atoms with Crippen LogP contribution < -0.4 is 5.32 Å². The molecule has 132 valence electrons. The lowest BCUT2D eigenvalue weighted by molar-refractivity contribution is -0.141. The minimum atomic E-state index is -0.194. The second kappa shape index (κ2) is 8.08. The van der Waals surface area contributed by atoms with E-state index in [4.69, 9.17) is 4.74 Å². The Morgan fingerprint density at radius 2 is 2.12 bits per heavy atom. The van der Waals surface area contributed by atoms with Gasteiger partial charge < -0.3 is 15.0 Å². The van der Waals surface area contributed by atoms with E-state index in [1.165, 1.54) is 6.07 Å². The average Bonchev–Trinajstić information content (AvgIpc) is 2.62. The summed E-state index contributed by atoms with van der Waals surface area (Å²) in [5, 5.41) is 3.31. The minimum Gasteiger partial charge on any atom is -0.379 e. The molecule has 0 radical (unpaired) electrons. The summed E-state index contributed by atoms with van der Waals surface area (Å²) in [5.41, 5.74) is 1.00. The van der Waals surface area contributed by atoms with Crippen molar-refractivity contribution in [2.75, 3.05) is 33.3 Å². The molecule has 24 heavy (non-hydrogen) atoms. The van der Waals surface area contributed by atoms with E-state index < -0.39 is 0 Å². The van der Waals surface area contributed by atoms with Crippen molar-refractivity contribution in [1.29, 1.82) is 0 Å². The summed E-state index contributed by atoms with van der Waals surface area (Å²) in [6, 6.07) is 6.78. The molecule has 2 aliphatic rings. The highest BCUT2D eigenvalue weighted by molar-refractivity contribution is 5.79. The van der Waals surface area contributed by atoms with Gasteiger partial charge in [0, 0.05) is 26.1 Å². The summed E-state index contributed by atoms with van der Waals surface area (Å²) in [4.78, 5) is 14.7. The van der Waals surface area contributed by atoms with Crippen molar-refractivity contribution in [2.24, 2.45) is 11.8 Å². The maximum atomic E-state index is 13.4. The molecule has 2 fully saturated rings. The van der Waals surface area contributed by atoms with Crippen molar-refractivity contribution in [1.82, 2.24) is 10.2 Å². The van der Waals surface area contributed by atoms with Gasteiger partial charge in [0.2, 0.25) is 5.91 Å². The fourth-order valence-electron chi connectivity index (χ4n) is 3.96. The van der Waals surface area contributed by atoms with Crippen molar-refractivity contribution < 1.29 is 13.9 Å². The largest absolute Gasteiger partial charge is 0.379 e. The van der Waals surface area contributed by atoms with Crippen molar-refractivity contribution in [3.05, 3.63) is 35.6 Å². The summed E-state index contributed by atoms with van der Waals surface area (Å²) >= 11 is 0. The molecule has 0 unspecified atom stereocenters. The number of methoxy groups -OCH3 is 1. The van der Waals surface area contributed by atoms with Crippen LogP contribution in [-0.4, -0.2) is 50.2 Å². The Morgan fingerprint density at radius 3 is 2.83 bits per heavy atom. The quantitative estimate of drug-likeness (QED) is 0.918. The van der Waals surface area contributed by atoms with Crippen molar-refractivity contribution in [3.8, 4) is 0 Å². The molecular weight excluding hydrogens is 307 g/mol. The summed E-state index contributed by atoms with van der Waals surface area (Å²) < 4.78 is 19.1. The Balaban J connectivity index is 1.60. The summed E-state index contributed by atoms with van der Waals surface area (Å²) in [7, 11) is 1.71. The fraction of sp³-hybridized carbons (Fsp3) is 0.632. The molecular formula is C19H27FN2O2. The number of nitrogens with zero attached hydrogens (tertiary/aromatic N) is 1. The Bertz CT molecular complexity index is 560. The van der Waals surface area contributed by atoms with E-state index in [-0.39, 0.29) is 23.7 Å². The van der Waals surface area contributed by atoms with Crippen LogP contribution in [0.4, 0.5) is 4.39 Å². The Morgan fingerprint density at radius 1 is 1.33 bits per heavy atom. The number of benzene rings is 1. The molecule has 0 aromatic heterocycles. The number of carbonyl (C=O) groups excluding carboxylic acids is 1. The summed E-state index contributed by atoms with van der Waals surface area (Å²) in [6.07, 6.45) is 3.59.